The average Bonchev–Trinajstić information content (AvgIpc) is 3.36. The van der Waals surface area contributed by atoms with E-state index in [1.54, 1.807) is 6.92 Å². The van der Waals surface area contributed by atoms with E-state index < -0.39 is 5.25 Å². The number of amides is 3. The van der Waals surface area contributed by atoms with E-state index in [0.29, 0.717) is 0 Å². The molecule has 0 saturated heterocycles. The number of carbonyl (C=O) groups excluding carboxylic acids is 3. The number of nitrogens with one attached hydrogen (secondary N) is 3. The normalized spacial score (nSPS) is 14.6. The molecule has 0 spiro atoms. The molecule has 3 N–H and O–H groups in total. The molecular formula is C17H23N3O3S. The van der Waals surface area contributed by atoms with E-state index in [2.05, 4.69) is 16.0 Å². The third kappa shape index (κ3) is 6.62. The minimum absolute atomic E-state index is 0.0181. The number of carbonyl (C=O) groups is 3. The summed E-state index contributed by atoms with van der Waals surface area (Å²) in [5.41, 5.74) is 1.86. The Kier molecular flexibility index (Phi) is 6.66. The average molecular weight is 349 g/mol. The van der Waals surface area contributed by atoms with Crippen LogP contribution in [0, 0.1) is 6.92 Å². The van der Waals surface area contributed by atoms with Gasteiger partial charge in [0.15, 0.2) is 0 Å². The lowest BCUT2D eigenvalue weighted by Gasteiger charge is -2.12. The summed E-state index contributed by atoms with van der Waals surface area (Å²) in [6.07, 6.45) is 2.03. The molecule has 1 fully saturated rings. The molecule has 2 rings (SSSR count). The van der Waals surface area contributed by atoms with Crippen LogP contribution in [-0.4, -0.2) is 41.3 Å². The Bertz CT molecular complexity index is 600. The molecule has 1 aromatic rings. The highest BCUT2D eigenvalue weighted by molar-refractivity contribution is 8.01. The van der Waals surface area contributed by atoms with Gasteiger partial charge in [0.1, 0.15) is 0 Å². The monoisotopic (exact) mass is 349 g/mol. The van der Waals surface area contributed by atoms with Crippen LogP contribution < -0.4 is 16.0 Å². The summed E-state index contributed by atoms with van der Waals surface area (Å²) in [6.45, 7) is 3.68. The molecule has 1 aliphatic rings. The van der Waals surface area contributed by atoms with E-state index in [0.717, 1.165) is 24.1 Å². The molecule has 1 aromatic carbocycles. The number of hydrogen-bond acceptors (Lipinski definition) is 4. The highest BCUT2D eigenvalue weighted by atomic mass is 32.2. The van der Waals surface area contributed by atoms with Crippen molar-refractivity contribution in [2.24, 2.45) is 0 Å². The summed E-state index contributed by atoms with van der Waals surface area (Å²) in [7, 11) is 0. The first kappa shape index (κ1) is 18.3. The second-order valence-electron chi connectivity index (χ2n) is 5.93. The van der Waals surface area contributed by atoms with Crippen LogP contribution in [0.4, 0.5) is 5.69 Å². The van der Waals surface area contributed by atoms with Crippen LogP contribution in [0.15, 0.2) is 24.3 Å². The quantitative estimate of drug-likeness (QED) is 0.663. The third-order valence-electron chi connectivity index (χ3n) is 3.53. The van der Waals surface area contributed by atoms with Gasteiger partial charge < -0.3 is 16.0 Å². The fourth-order valence-electron chi connectivity index (χ4n) is 1.93. The van der Waals surface area contributed by atoms with E-state index in [-0.39, 0.29) is 36.1 Å². The summed E-state index contributed by atoms with van der Waals surface area (Å²) < 4.78 is 0. The predicted octanol–water partition coefficient (Wildman–Crippen LogP) is 1.45. The second-order valence-corrected chi connectivity index (χ2v) is 7.26. The number of thioether (sulfide) groups is 1. The molecule has 0 unspecified atom stereocenters. The maximum absolute atomic E-state index is 11.9. The SMILES string of the molecule is Cc1ccc(NC(=O)CS[C@H](C)C(=O)NCC(=O)NC2CC2)cc1. The van der Waals surface area contributed by atoms with Crippen molar-refractivity contribution >= 4 is 35.2 Å². The minimum atomic E-state index is -0.400. The van der Waals surface area contributed by atoms with Gasteiger partial charge in [-0.2, -0.15) is 0 Å². The highest BCUT2D eigenvalue weighted by Crippen LogP contribution is 2.18. The molecule has 0 radical (unpaired) electrons. The van der Waals surface area contributed by atoms with Crippen molar-refractivity contribution in [3.8, 4) is 0 Å². The van der Waals surface area contributed by atoms with Gasteiger partial charge in [0.2, 0.25) is 17.7 Å². The minimum Gasteiger partial charge on any atom is -0.352 e. The molecule has 0 bridgehead atoms. The van der Waals surface area contributed by atoms with Crippen molar-refractivity contribution in [3.63, 3.8) is 0 Å². The van der Waals surface area contributed by atoms with E-state index in [9.17, 15) is 14.4 Å². The zero-order chi connectivity index (χ0) is 17.5. The van der Waals surface area contributed by atoms with Crippen LogP contribution in [0.3, 0.4) is 0 Å². The highest BCUT2D eigenvalue weighted by Gasteiger charge is 2.23. The first-order valence-corrected chi connectivity index (χ1v) is 9.04. The Morgan fingerprint density at radius 1 is 1.17 bits per heavy atom. The molecule has 0 aliphatic heterocycles. The van der Waals surface area contributed by atoms with Crippen LogP contribution in [0.1, 0.15) is 25.3 Å². The lowest BCUT2D eigenvalue weighted by atomic mass is 10.2. The van der Waals surface area contributed by atoms with Crippen LogP contribution >= 0.6 is 11.8 Å². The molecule has 3 amide bonds. The Labute approximate surface area is 146 Å². The largest absolute Gasteiger partial charge is 0.352 e. The van der Waals surface area contributed by atoms with Gasteiger partial charge in [-0.3, -0.25) is 14.4 Å². The van der Waals surface area contributed by atoms with Gasteiger partial charge in [-0.05, 0) is 38.8 Å². The number of rotatable bonds is 8. The van der Waals surface area contributed by atoms with Crippen molar-refractivity contribution in [2.75, 3.05) is 17.6 Å². The summed E-state index contributed by atoms with van der Waals surface area (Å²) in [6, 6.07) is 7.81. The summed E-state index contributed by atoms with van der Waals surface area (Å²) >= 11 is 1.24. The smallest absolute Gasteiger partial charge is 0.239 e. The van der Waals surface area contributed by atoms with Crippen LogP contribution in [0.25, 0.3) is 0 Å². The summed E-state index contributed by atoms with van der Waals surface area (Å²) in [5.74, 6) is -0.388. The van der Waals surface area contributed by atoms with Gasteiger partial charge in [0, 0.05) is 11.7 Å². The van der Waals surface area contributed by atoms with Crippen molar-refractivity contribution in [2.45, 2.75) is 38.0 Å². The molecule has 24 heavy (non-hydrogen) atoms. The van der Waals surface area contributed by atoms with Crippen LogP contribution in [-0.2, 0) is 14.4 Å². The number of hydrogen-bond donors (Lipinski definition) is 3. The van der Waals surface area contributed by atoms with E-state index >= 15 is 0 Å². The van der Waals surface area contributed by atoms with Crippen LogP contribution in [0.5, 0.6) is 0 Å². The number of aryl methyl sites for hydroxylation is 1. The zero-order valence-electron chi connectivity index (χ0n) is 13.9. The maximum atomic E-state index is 11.9. The van der Waals surface area contributed by atoms with Gasteiger partial charge in [-0.1, -0.05) is 17.7 Å². The zero-order valence-corrected chi connectivity index (χ0v) is 14.7. The molecule has 0 heterocycles. The third-order valence-corrected chi connectivity index (χ3v) is 4.68. The molecule has 0 aromatic heterocycles. The standard InChI is InChI=1S/C17H23N3O3S/c1-11-3-5-13(6-4-11)20-16(22)10-24-12(2)17(23)18-9-15(21)19-14-7-8-14/h3-6,12,14H,7-10H2,1-2H3,(H,18,23)(H,19,21)(H,20,22)/t12-/m1/s1. The van der Waals surface area contributed by atoms with Gasteiger partial charge in [0.05, 0.1) is 17.5 Å². The first-order valence-electron chi connectivity index (χ1n) is 7.99. The Balaban J connectivity index is 1.64. The molecule has 1 atom stereocenters. The van der Waals surface area contributed by atoms with Crippen molar-refractivity contribution in [1.29, 1.82) is 0 Å². The van der Waals surface area contributed by atoms with Gasteiger partial charge in [0.25, 0.3) is 0 Å². The Morgan fingerprint density at radius 3 is 2.46 bits per heavy atom. The summed E-state index contributed by atoms with van der Waals surface area (Å²) in [4.78, 5) is 35.3. The molecule has 1 saturated carbocycles. The first-order chi connectivity index (χ1) is 11.4. The number of anilines is 1. The molecular weight excluding hydrogens is 326 g/mol. The maximum Gasteiger partial charge on any atom is 0.239 e. The fourth-order valence-corrected chi connectivity index (χ4v) is 2.64. The predicted molar refractivity (Wildman–Crippen MR) is 95.9 cm³/mol. The Morgan fingerprint density at radius 2 is 1.83 bits per heavy atom. The lowest BCUT2D eigenvalue weighted by molar-refractivity contribution is -0.125. The molecule has 130 valence electrons. The molecule has 1 aliphatic carbocycles. The van der Waals surface area contributed by atoms with Crippen molar-refractivity contribution in [1.82, 2.24) is 10.6 Å². The van der Waals surface area contributed by atoms with Crippen molar-refractivity contribution < 1.29 is 14.4 Å². The molecule has 6 nitrogen and oxygen atoms in total. The van der Waals surface area contributed by atoms with E-state index in [1.807, 2.05) is 31.2 Å². The Hall–Kier alpha value is -2.02. The second kappa shape index (κ2) is 8.73. The lowest BCUT2D eigenvalue weighted by Crippen LogP contribution is -2.40. The van der Waals surface area contributed by atoms with Gasteiger partial charge in [-0.25, -0.2) is 0 Å². The summed E-state index contributed by atoms with van der Waals surface area (Å²) in [5, 5.41) is 7.78. The fraction of sp³-hybridized carbons (Fsp3) is 0.471. The van der Waals surface area contributed by atoms with E-state index in [1.165, 1.54) is 11.8 Å². The topological polar surface area (TPSA) is 87.3 Å². The number of benzene rings is 1. The van der Waals surface area contributed by atoms with Gasteiger partial charge in [-0.15, -0.1) is 11.8 Å². The van der Waals surface area contributed by atoms with Crippen LogP contribution in [0.2, 0.25) is 0 Å². The molecule has 7 heteroatoms. The van der Waals surface area contributed by atoms with Gasteiger partial charge >= 0.3 is 0 Å². The van der Waals surface area contributed by atoms with E-state index in [4.69, 9.17) is 0 Å². The van der Waals surface area contributed by atoms with Crippen molar-refractivity contribution in [3.05, 3.63) is 29.8 Å².